The topological polar surface area (TPSA) is 42.5 Å². The summed E-state index contributed by atoms with van der Waals surface area (Å²) in [4.78, 5) is 0. The Balaban J connectivity index is 1.75. The molecule has 2 rings (SSSR count). The molecule has 0 fully saturated rings. The van der Waals surface area contributed by atoms with Gasteiger partial charge in [-0.25, -0.2) is 0 Å². The Morgan fingerprint density at radius 3 is 2.42 bits per heavy atom. The van der Waals surface area contributed by atoms with Crippen molar-refractivity contribution in [3.05, 3.63) is 47.5 Å². The number of hydrogen-bond donors (Lipinski definition) is 2. The number of hydrogen-bond acceptors (Lipinski definition) is 4. The van der Waals surface area contributed by atoms with Gasteiger partial charge in [-0.1, -0.05) is 31.0 Å². The Morgan fingerprint density at radius 2 is 1.75 bits per heavy atom. The Labute approximate surface area is 149 Å². The van der Waals surface area contributed by atoms with Gasteiger partial charge in [0.05, 0.1) is 18.7 Å². The van der Waals surface area contributed by atoms with Gasteiger partial charge >= 0.3 is 0 Å². The summed E-state index contributed by atoms with van der Waals surface area (Å²) in [5.41, 5.74) is 2.03. The highest BCUT2D eigenvalue weighted by atomic mass is 35.5. The predicted molar refractivity (Wildman–Crippen MR) is 102 cm³/mol. The molecule has 0 spiro atoms. The van der Waals surface area contributed by atoms with Gasteiger partial charge in [0.15, 0.2) is 0 Å². The number of nitrogens with one attached hydrogen (secondary N) is 2. The first-order chi connectivity index (χ1) is 11.7. The van der Waals surface area contributed by atoms with Crippen molar-refractivity contribution in [3.8, 4) is 11.5 Å². The second-order valence-electron chi connectivity index (χ2n) is 5.43. The normalized spacial score (nSPS) is 10.3. The van der Waals surface area contributed by atoms with Gasteiger partial charge in [0.2, 0.25) is 0 Å². The second kappa shape index (κ2) is 9.93. The zero-order valence-electron chi connectivity index (χ0n) is 14.3. The van der Waals surface area contributed by atoms with E-state index in [0.29, 0.717) is 10.8 Å². The summed E-state index contributed by atoms with van der Waals surface area (Å²) in [6.07, 6.45) is 2.21. The van der Waals surface area contributed by atoms with E-state index in [0.717, 1.165) is 49.7 Å². The molecule has 0 saturated heterocycles. The molecule has 0 unspecified atom stereocenters. The van der Waals surface area contributed by atoms with Crippen molar-refractivity contribution in [2.45, 2.75) is 19.8 Å². The summed E-state index contributed by atoms with van der Waals surface area (Å²) < 4.78 is 10.9. The SMILES string of the molecule is CCCCOc1cccc(NCCNc2ccc(OC)c(Cl)c2)c1. The molecule has 0 saturated carbocycles. The van der Waals surface area contributed by atoms with Gasteiger partial charge in [-0.05, 0) is 36.8 Å². The second-order valence-corrected chi connectivity index (χ2v) is 5.84. The monoisotopic (exact) mass is 348 g/mol. The van der Waals surface area contributed by atoms with Gasteiger partial charge in [-0.3, -0.25) is 0 Å². The van der Waals surface area contributed by atoms with E-state index in [1.165, 1.54) is 0 Å². The first-order valence-electron chi connectivity index (χ1n) is 8.27. The van der Waals surface area contributed by atoms with Gasteiger partial charge in [-0.2, -0.15) is 0 Å². The standard InChI is InChI=1S/C19H25ClN2O2/c1-3-4-12-24-17-7-5-6-15(13-17)21-10-11-22-16-8-9-19(23-2)18(20)14-16/h5-9,13-14,21-22H,3-4,10-12H2,1-2H3. The first kappa shape index (κ1) is 18.3. The van der Waals surface area contributed by atoms with E-state index in [2.05, 4.69) is 17.6 Å². The lowest BCUT2D eigenvalue weighted by atomic mass is 10.3. The van der Waals surface area contributed by atoms with E-state index in [1.807, 2.05) is 42.5 Å². The van der Waals surface area contributed by atoms with Crippen LogP contribution in [0.3, 0.4) is 0 Å². The van der Waals surface area contributed by atoms with Crippen LogP contribution in [0.4, 0.5) is 11.4 Å². The number of rotatable bonds is 10. The van der Waals surface area contributed by atoms with Crippen molar-refractivity contribution in [1.29, 1.82) is 0 Å². The molecule has 130 valence electrons. The van der Waals surface area contributed by atoms with Gasteiger partial charge in [0, 0.05) is 30.5 Å². The highest BCUT2D eigenvalue weighted by Crippen LogP contribution is 2.27. The van der Waals surface area contributed by atoms with Crippen molar-refractivity contribution in [1.82, 2.24) is 0 Å². The number of methoxy groups -OCH3 is 1. The van der Waals surface area contributed by atoms with Crippen molar-refractivity contribution >= 4 is 23.0 Å². The zero-order chi connectivity index (χ0) is 17.2. The summed E-state index contributed by atoms with van der Waals surface area (Å²) >= 11 is 6.11. The van der Waals surface area contributed by atoms with Crippen LogP contribution >= 0.6 is 11.6 Å². The molecule has 24 heavy (non-hydrogen) atoms. The molecule has 0 bridgehead atoms. The molecule has 0 atom stereocenters. The number of unbranched alkanes of at least 4 members (excludes halogenated alkanes) is 1. The molecule has 2 aromatic rings. The van der Waals surface area contributed by atoms with E-state index < -0.39 is 0 Å². The maximum atomic E-state index is 6.11. The molecule has 0 aromatic heterocycles. The van der Waals surface area contributed by atoms with Crippen LogP contribution in [0.15, 0.2) is 42.5 Å². The van der Waals surface area contributed by atoms with Gasteiger partial charge < -0.3 is 20.1 Å². The molecule has 5 heteroatoms. The van der Waals surface area contributed by atoms with E-state index in [4.69, 9.17) is 21.1 Å². The van der Waals surface area contributed by atoms with Crippen LogP contribution < -0.4 is 20.1 Å². The van der Waals surface area contributed by atoms with Crippen LogP contribution in [0.25, 0.3) is 0 Å². The third-order valence-electron chi connectivity index (χ3n) is 3.54. The highest BCUT2D eigenvalue weighted by molar-refractivity contribution is 6.32. The summed E-state index contributed by atoms with van der Waals surface area (Å²) in [5.74, 6) is 1.59. The van der Waals surface area contributed by atoms with Gasteiger partial charge in [0.1, 0.15) is 11.5 Å². The lowest BCUT2D eigenvalue weighted by Crippen LogP contribution is -2.13. The smallest absolute Gasteiger partial charge is 0.137 e. The van der Waals surface area contributed by atoms with E-state index >= 15 is 0 Å². The maximum absolute atomic E-state index is 6.11. The minimum absolute atomic E-state index is 0.604. The molecule has 2 aromatic carbocycles. The maximum Gasteiger partial charge on any atom is 0.137 e. The first-order valence-corrected chi connectivity index (χ1v) is 8.65. The Hall–Kier alpha value is -2.07. The fraction of sp³-hybridized carbons (Fsp3) is 0.368. The summed E-state index contributed by atoms with van der Waals surface area (Å²) in [5, 5.41) is 7.32. The van der Waals surface area contributed by atoms with Crippen LogP contribution in [-0.4, -0.2) is 26.8 Å². The highest BCUT2D eigenvalue weighted by Gasteiger charge is 2.01. The Kier molecular flexibility index (Phi) is 7.56. The third-order valence-corrected chi connectivity index (χ3v) is 3.83. The minimum Gasteiger partial charge on any atom is -0.495 e. The Bertz CT molecular complexity index is 635. The average molecular weight is 349 g/mol. The average Bonchev–Trinajstić information content (AvgIpc) is 2.59. The summed E-state index contributed by atoms with van der Waals surface area (Å²) in [6.45, 7) is 4.50. The van der Waals surface area contributed by atoms with Crippen LogP contribution in [0.2, 0.25) is 5.02 Å². The van der Waals surface area contributed by atoms with Crippen LogP contribution in [0, 0.1) is 0 Å². The van der Waals surface area contributed by atoms with E-state index in [9.17, 15) is 0 Å². The molecule has 0 aliphatic heterocycles. The van der Waals surface area contributed by atoms with Crippen molar-refractivity contribution in [2.24, 2.45) is 0 Å². The lowest BCUT2D eigenvalue weighted by molar-refractivity contribution is 0.309. The molecule has 0 aliphatic rings. The Morgan fingerprint density at radius 1 is 1.00 bits per heavy atom. The summed E-state index contributed by atoms with van der Waals surface area (Å²) in [6, 6.07) is 13.7. The fourth-order valence-electron chi connectivity index (χ4n) is 2.22. The van der Waals surface area contributed by atoms with Crippen LogP contribution in [0.5, 0.6) is 11.5 Å². The van der Waals surface area contributed by atoms with Crippen LogP contribution in [0.1, 0.15) is 19.8 Å². The fourth-order valence-corrected chi connectivity index (χ4v) is 2.48. The molecule has 4 nitrogen and oxygen atoms in total. The van der Waals surface area contributed by atoms with E-state index in [1.54, 1.807) is 7.11 Å². The molecule has 0 heterocycles. The molecule has 0 amide bonds. The minimum atomic E-state index is 0.604. The summed E-state index contributed by atoms with van der Waals surface area (Å²) in [7, 11) is 1.61. The van der Waals surface area contributed by atoms with Crippen molar-refractivity contribution < 1.29 is 9.47 Å². The largest absolute Gasteiger partial charge is 0.495 e. The molecular formula is C19H25ClN2O2. The molecule has 2 N–H and O–H groups in total. The molecular weight excluding hydrogens is 324 g/mol. The van der Waals surface area contributed by atoms with Gasteiger partial charge in [0.25, 0.3) is 0 Å². The number of halogens is 1. The van der Waals surface area contributed by atoms with Gasteiger partial charge in [-0.15, -0.1) is 0 Å². The predicted octanol–water partition coefficient (Wildman–Crippen LogP) is 5.05. The number of benzene rings is 2. The van der Waals surface area contributed by atoms with E-state index in [-0.39, 0.29) is 0 Å². The third kappa shape index (κ3) is 5.85. The van der Waals surface area contributed by atoms with Crippen LogP contribution in [-0.2, 0) is 0 Å². The molecule has 0 aliphatic carbocycles. The zero-order valence-corrected chi connectivity index (χ0v) is 15.0. The van der Waals surface area contributed by atoms with Crippen molar-refractivity contribution in [3.63, 3.8) is 0 Å². The number of ether oxygens (including phenoxy) is 2. The molecule has 0 radical (unpaired) electrons. The lowest BCUT2D eigenvalue weighted by Gasteiger charge is -2.11. The number of anilines is 2. The van der Waals surface area contributed by atoms with Crippen molar-refractivity contribution in [2.75, 3.05) is 37.4 Å². The quantitative estimate of drug-likeness (QED) is 0.589.